The highest BCUT2D eigenvalue weighted by molar-refractivity contribution is 6.01. The number of aliphatic hydroxyl groups is 1. The molecule has 220 valence electrons. The number of likely N-dealkylation sites (tertiary alicyclic amines) is 1. The molecule has 3 saturated heterocycles. The number of hydrogen-bond donors (Lipinski definition) is 3. The summed E-state index contributed by atoms with van der Waals surface area (Å²) < 4.78 is 11.2. The lowest BCUT2D eigenvalue weighted by atomic mass is 9.52. The highest BCUT2D eigenvalue weighted by Gasteiger charge is 2.76. The maximum absolute atomic E-state index is 13.6. The first-order valence-electron chi connectivity index (χ1n) is 14.4. The van der Waals surface area contributed by atoms with Crippen LogP contribution < -0.4 is 10.7 Å². The third-order valence-corrected chi connectivity index (χ3v) is 9.87. The van der Waals surface area contributed by atoms with Crippen LogP contribution in [0.2, 0.25) is 0 Å². The Hall–Kier alpha value is -3.21. The maximum atomic E-state index is 13.6. The van der Waals surface area contributed by atoms with E-state index in [-0.39, 0.29) is 31.1 Å². The second kappa shape index (κ2) is 9.68. The van der Waals surface area contributed by atoms with Crippen molar-refractivity contribution in [1.82, 2.24) is 20.7 Å². The van der Waals surface area contributed by atoms with Gasteiger partial charge in [0.15, 0.2) is 0 Å². The number of nitrogens with one attached hydrogen (secondary N) is 2. The number of methoxy groups -OCH3 is 1. The Morgan fingerprint density at radius 2 is 2.05 bits per heavy atom. The molecular weight excluding hydrogens is 522 g/mol. The molecule has 41 heavy (non-hydrogen) atoms. The maximum Gasteiger partial charge on any atom is 0.313 e. The lowest BCUT2D eigenvalue weighted by Gasteiger charge is -2.52. The molecule has 1 saturated carbocycles. The summed E-state index contributed by atoms with van der Waals surface area (Å²) in [6.45, 7) is 9.98. The Bertz CT molecular complexity index is 1340. The molecule has 5 heterocycles. The second-order valence-corrected chi connectivity index (χ2v) is 13.3. The van der Waals surface area contributed by atoms with Crippen LogP contribution in [-0.2, 0) is 24.5 Å². The predicted molar refractivity (Wildman–Crippen MR) is 153 cm³/mol. The number of benzene rings is 1. The van der Waals surface area contributed by atoms with E-state index in [2.05, 4.69) is 72.1 Å². The number of hydrogen-bond acceptors (Lipinski definition) is 9. The number of rotatable bonds is 8. The van der Waals surface area contributed by atoms with E-state index in [0.29, 0.717) is 6.42 Å². The zero-order valence-corrected chi connectivity index (χ0v) is 24.6. The third-order valence-electron chi connectivity index (χ3n) is 9.87. The van der Waals surface area contributed by atoms with Crippen molar-refractivity contribution in [3.05, 3.63) is 59.4 Å². The quantitative estimate of drug-likeness (QED) is 0.412. The largest absolute Gasteiger partial charge is 0.469 e. The summed E-state index contributed by atoms with van der Waals surface area (Å²) in [4.78, 5) is 33.2. The van der Waals surface area contributed by atoms with Gasteiger partial charge in [-0.3, -0.25) is 14.6 Å². The van der Waals surface area contributed by atoms with E-state index in [1.165, 1.54) is 12.7 Å². The number of aliphatic imine (C=N–C) groups is 1. The summed E-state index contributed by atoms with van der Waals surface area (Å²) in [6, 6.07) is 10.7. The Morgan fingerprint density at radius 3 is 2.76 bits per heavy atom. The Kier molecular flexibility index (Phi) is 6.59. The van der Waals surface area contributed by atoms with Gasteiger partial charge in [0, 0.05) is 36.7 Å². The number of amides is 1. The standard InChI is InChI=1S/C31H41N5O5/c1-20-13-22(35-12-11-29(4,17-35)21-9-7-6-8-10-21)14-36-24(20)33-26(34-36)31-15-30(18-37,19-41-31)23(31)25(38)32-16-28(2,3)27(39)40-5/h6-10,13-14,23,26,34,37H,11-12,15-19H2,1-5H3,(H,32,38)/t23?,26?,29-,30?,31?/m0/s1. The van der Waals surface area contributed by atoms with Crippen molar-refractivity contribution in [2.45, 2.75) is 57.7 Å². The number of ether oxygens (including phenoxy) is 2. The number of carbonyl (C=O) groups excluding carboxylic acids is 2. The normalized spacial score (nSPS) is 34.0. The fraction of sp³-hybridized carbons (Fsp3) is 0.581. The first kappa shape index (κ1) is 27.9. The van der Waals surface area contributed by atoms with Crippen LogP contribution in [0.15, 0.2) is 58.9 Å². The molecule has 1 aliphatic carbocycles. The molecule has 4 fully saturated rings. The average molecular weight is 564 g/mol. The molecule has 3 N–H and O–H groups in total. The summed E-state index contributed by atoms with van der Waals surface area (Å²) in [7, 11) is 1.34. The Morgan fingerprint density at radius 1 is 1.29 bits per heavy atom. The van der Waals surface area contributed by atoms with Crippen LogP contribution in [0.3, 0.4) is 0 Å². The predicted octanol–water partition coefficient (Wildman–Crippen LogP) is 2.08. The number of carbonyl (C=O) groups is 2. The van der Waals surface area contributed by atoms with E-state index in [1.54, 1.807) is 13.8 Å². The molecule has 1 amide bonds. The average Bonchev–Trinajstić information content (AvgIpc) is 3.73. The number of hydrazine groups is 1. The monoisotopic (exact) mass is 563 g/mol. The molecule has 1 aromatic carbocycles. The van der Waals surface area contributed by atoms with Gasteiger partial charge in [-0.05, 0) is 50.8 Å². The zero-order valence-electron chi connectivity index (χ0n) is 24.6. The zero-order chi connectivity index (χ0) is 29.2. The van der Waals surface area contributed by atoms with Crippen LogP contribution >= 0.6 is 0 Å². The van der Waals surface area contributed by atoms with Gasteiger partial charge in [0.2, 0.25) is 5.91 Å². The highest BCUT2D eigenvalue weighted by Crippen LogP contribution is 2.64. The number of allylic oxidation sites excluding steroid dienone is 1. The van der Waals surface area contributed by atoms with E-state index < -0.39 is 34.5 Å². The molecule has 2 bridgehead atoms. The SMILES string of the molecule is COC(=O)C(C)(C)CNC(=O)C1C2(CO)COC1(C1N=C3C(C)=CC(N4CC[C@](C)(c5ccccc5)C4)=CN3N1)C2. The first-order chi connectivity index (χ1) is 19.5. The van der Waals surface area contributed by atoms with Gasteiger partial charge in [-0.2, -0.15) is 0 Å². The van der Waals surface area contributed by atoms with E-state index >= 15 is 0 Å². The minimum absolute atomic E-state index is 0.0818. The molecule has 7 rings (SSSR count). The van der Waals surface area contributed by atoms with Gasteiger partial charge in [0.1, 0.15) is 17.6 Å². The summed E-state index contributed by atoms with van der Waals surface area (Å²) >= 11 is 0. The third kappa shape index (κ3) is 4.30. The minimum atomic E-state index is -0.889. The molecule has 4 unspecified atom stereocenters. The van der Waals surface area contributed by atoms with Gasteiger partial charge in [0.25, 0.3) is 0 Å². The van der Waals surface area contributed by atoms with Crippen molar-refractivity contribution < 1.29 is 24.2 Å². The minimum Gasteiger partial charge on any atom is -0.469 e. The number of amidine groups is 1. The van der Waals surface area contributed by atoms with Crippen LogP contribution in [0.4, 0.5) is 0 Å². The van der Waals surface area contributed by atoms with E-state index in [9.17, 15) is 14.7 Å². The molecule has 1 aromatic rings. The van der Waals surface area contributed by atoms with Crippen molar-refractivity contribution in [3.8, 4) is 0 Å². The van der Waals surface area contributed by atoms with Crippen molar-refractivity contribution in [3.63, 3.8) is 0 Å². The van der Waals surface area contributed by atoms with Crippen LogP contribution in [0, 0.1) is 16.7 Å². The molecule has 10 nitrogen and oxygen atoms in total. The van der Waals surface area contributed by atoms with Crippen LogP contribution in [0.1, 0.15) is 46.1 Å². The number of esters is 1. The summed E-state index contributed by atoms with van der Waals surface area (Å²) in [6.07, 6.45) is 5.37. The molecule has 10 heteroatoms. The van der Waals surface area contributed by atoms with Crippen molar-refractivity contribution in [2.24, 2.45) is 21.7 Å². The Balaban J connectivity index is 1.19. The summed E-state index contributed by atoms with van der Waals surface area (Å²) in [5.41, 5.74) is 4.67. The highest BCUT2D eigenvalue weighted by atomic mass is 16.5. The molecule has 5 atom stereocenters. The summed E-state index contributed by atoms with van der Waals surface area (Å²) in [5, 5.41) is 15.2. The number of fused-ring (bicyclic) bond motifs is 2. The van der Waals surface area contributed by atoms with Crippen molar-refractivity contribution >= 4 is 17.7 Å². The number of aliphatic hydroxyl groups excluding tert-OH is 1. The summed E-state index contributed by atoms with van der Waals surface area (Å²) in [5.74, 6) is -0.437. The Labute approximate surface area is 241 Å². The van der Waals surface area contributed by atoms with Crippen molar-refractivity contribution in [2.75, 3.05) is 40.0 Å². The lowest BCUT2D eigenvalue weighted by molar-refractivity contribution is -0.160. The van der Waals surface area contributed by atoms with Gasteiger partial charge in [-0.15, -0.1) is 0 Å². The molecule has 0 radical (unpaired) electrons. The fourth-order valence-electron chi connectivity index (χ4n) is 7.37. The van der Waals surface area contributed by atoms with Crippen LogP contribution in [-0.4, -0.2) is 84.5 Å². The first-order valence-corrected chi connectivity index (χ1v) is 14.4. The van der Waals surface area contributed by atoms with Gasteiger partial charge in [0.05, 0.1) is 37.4 Å². The second-order valence-electron chi connectivity index (χ2n) is 13.3. The van der Waals surface area contributed by atoms with Gasteiger partial charge in [-0.1, -0.05) is 37.3 Å². The van der Waals surface area contributed by atoms with Crippen LogP contribution in [0.25, 0.3) is 0 Å². The lowest BCUT2D eigenvalue weighted by Crippen LogP contribution is -2.69. The van der Waals surface area contributed by atoms with E-state index in [0.717, 1.165) is 36.6 Å². The van der Waals surface area contributed by atoms with Crippen LogP contribution in [0.5, 0.6) is 0 Å². The number of nitrogens with zero attached hydrogens (tertiary/aromatic N) is 3. The van der Waals surface area contributed by atoms with E-state index in [4.69, 9.17) is 14.5 Å². The van der Waals surface area contributed by atoms with E-state index in [1.807, 2.05) is 5.01 Å². The molecule has 5 aliphatic heterocycles. The topological polar surface area (TPSA) is 116 Å². The fourth-order valence-corrected chi connectivity index (χ4v) is 7.37. The molecule has 6 aliphatic rings. The van der Waals surface area contributed by atoms with Crippen molar-refractivity contribution in [1.29, 1.82) is 0 Å². The van der Waals surface area contributed by atoms with Gasteiger partial charge >= 0.3 is 5.97 Å². The molecule has 0 spiro atoms. The van der Waals surface area contributed by atoms with Gasteiger partial charge < -0.3 is 24.8 Å². The smallest absolute Gasteiger partial charge is 0.313 e. The molecule has 0 aromatic heterocycles. The van der Waals surface area contributed by atoms with Gasteiger partial charge in [-0.25, -0.2) is 10.4 Å². The molecular formula is C31H41N5O5.